The van der Waals surface area contributed by atoms with Crippen LogP contribution in [-0.2, 0) is 9.53 Å². The number of allylic oxidation sites excluding steroid dienone is 1. The molecule has 1 unspecified atom stereocenters. The monoisotopic (exact) mass is 264 g/mol. The van der Waals surface area contributed by atoms with Crippen molar-refractivity contribution in [2.45, 2.75) is 6.42 Å². The Balaban J connectivity index is 1.99. The molecule has 0 aromatic heterocycles. The first-order valence-corrected chi connectivity index (χ1v) is 6.09. The zero-order chi connectivity index (χ0) is 13.8. The Hall–Kier alpha value is -2.11. The molecule has 0 fully saturated rings. The normalized spacial score (nSPS) is 22.6. The van der Waals surface area contributed by atoms with Gasteiger partial charge in [-0.25, -0.2) is 4.79 Å². The van der Waals surface area contributed by atoms with E-state index in [0.717, 1.165) is 11.3 Å². The predicted octanol–water partition coefficient (Wildman–Crippen LogP) is 1.10. The van der Waals surface area contributed by atoms with Crippen molar-refractivity contribution in [2.24, 2.45) is 10.9 Å². The number of ether oxygens (including phenoxy) is 1. The number of amides is 1. The Labute approximate surface area is 111 Å². The third-order valence-corrected chi connectivity index (χ3v) is 3.26. The van der Waals surface area contributed by atoms with Gasteiger partial charge in [-0.15, -0.1) is 0 Å². The summed E-state index contributed by atoms with van der Waals surface area (Å²) in [5.74, 6) is -0.595. The molecule has 6 nitrogen and oxygen atoms in total. The summed E-state index contributed by atoms with van der Waals surface area (Å²) in [6, 6.07) is 0. The molecular weight excluding hydrogens is 248 g/mol. The summed E-state index contributed by atoms with van der Waals surface area (Å²) < 4.78 is 4.66. The summed E-state index contributed by atoms with van der Waals surface area (Å²) in [6.45, 7) is 1.25. The quantitative estimate of drug-likeness (QED) is 0.757. The summed E-state index contributed by atoms with van der Waals surface area (Å²) in [5.41, 5.74) is 1.88. The second-order valence-electron chi connectivity index (χ2n) is 4.42. The third-order valence-electron chi connectivity index (χ3n) is 3.26. The number of dihydropyridines is 1. The van der Waals surface area contributed by atoms with E-state index in [1.54, 1.807) is 6.08 Å². The SMILES string of the molecule is COC(=O)C1C=CC(C2=CCN(C(=O)O)CC2)=NC1. The maximum Gasteiger partial charge on any atom is 0.407 e. The van der Waals surface area contributed by atoms with Crippen LogP contribution in [0.4, 0.5) is 4.79 Å². The fourth-order valence-corrected chi connectivity index (χ4v) is 2.11. The van der Waals surface area contributed by atoms with Crippen LogP contribution in [0.5, 0.6) is 0 Å². The summed E-state index contributed by atoms with van der Waals surface area (Å²) in [5, 5.41) is 8.86. The van der Waals surface area contributed by atoms with Crippen LogP contribution in [0.15, 0.2) is 28.8 Å². The molecule has 1 N–H and O–H groups in total. The first-order valence-electron chi connectivity index (χ1n) is 6.09. The summed E-state index contributed by atoms with van der Waals surface area (Å²) in [6.07, 6.45) is 5.23. The molecule has 0 saturated carbocycles. The van der Waals surface area contributed by atoms with E-state index in [9.17, 15) is 9.59 Å². The van der Waals surface area contributed by atoms with Gasteiger partial charge in [0, 0.05) is 13.1 Å². The number of carbonyl (C=O) groups excluding carboxylic acids is 1. The van der Waals surface area contributed by atoms with Gasteiger partial charge in [0.15, 0.2) is 0 Å². The van der Waals surface area contributed by atoms with E-state index in [2.05, 4.69) is 9.73 Å². The van der Waals surface area contributed by atoms with Gasteiger partial charge in [0.25, 0.3) is 0 Å². The van der Waals surface area contributed by atoms with Crippen LogP contribution in [0.1, 0.15) is 6.42 Å². The van der Waals surface area contributed by atoms with Crippen LogP contribution in [-0.4, -0.2) is 54.5 Å². The number of methoxy groups -OCH3 is 1. The van der Waals surface area contributed by atoms with E-state index in [-0.39, 0.29) is 11.9 Å². The number of esters is 1. The highest BCUT2D eigenvalue weighted by molar-refractivity contribution is 6.09. The molecule has 6 heteroatoms. The van der Waals surface area contributed by atoms with Crippen molar-refractivity contribution in [3.63, 3.8) is 0 Å². The van der Waals surface area contributed by atoms with E-state index in [1.807, 2.05) is 12.2 Å². The van der Waals surface area contributed by atoms with Gasteiger partial charge in [0.1, 0.15) is 0 Å². The van der Waals surface area contributed by atoms with Gasteiger partial charge in [0.05, 0.1) is 25.3 Å². The van der Waals surface area contributed by atoms with E-state index in [1.165, 1.54) is 12.0 Å². The van der Waals surface area contributed by atoms with Crippen molar-refractivity contribution in [1.29, 1.82) is 0 Å². The lowest BCUT2D eigenvalue weighted by atomic mass is 9.98. The van der Waals surface area contributed by atoms with E-state index in [4.69, 9.17) is 5.11 Å². The minimum atomic E-state index is -0.901. The number of nitrogens with zero attached hydrogens (tertiary/aromatic N) is 2. The molecule has 0 aromatic carbocycles. The number of rotatable bonds is 2. The van der Waals surface area contributed by atoms with Gasteiger partial charge in [0.2, 0.25) is 0 Å². The number of carboxylic acid groups (broad SMARTS) is 1. The van der Waals surface area contributed by atoms with Crippen LogP contribution in [0.25, 0.3) is 0 Å². The van der Waals surface area contributed by atoms with Gasteiger partial charge in [-0.05, 0) is 18.1 Å². The number of carbonyl (C=O) groups is 2. The predicted molar refractivity (Wildman–Crippen MR) is 69.2 cm³/mol. The Kier molecular flexibility index (Phi) is 3.99. The summed E-state index contributed by atoms with van der Waals surface area (Å²) >= 11 is 0. The molecule has 2 rings (SSSR count). The lowest BCUT2D eigenvalue weighted by Gasteiger charge is -2.24. The molecule has 102 valence electrons. The highest BCUT2D eigenvalue weighted by Gasteiger charge is 2.22. The minimum Gasteiger partial charge on any atom is -0.469 e. The van der Waals surface area contributed by atoms with Crippen molar-refractivity contribution < 1.29 is 19.4 Å². The molecule has 0 radical (unpaired) electrons. The van der Waals surface area contributed by atoms with Gasteiger partial charge in [-0.1, -0.05) is 12.2 Å². The average Bonchev–Trinajstić information content (AvgIpc) is 2.46. The highest BCUT2D eigenvalue weighted by atomic mass is 16.5. The minimum absolute atomic E-state index is 0.284. The van der Waals surface area contributed by atoms with Crippen molar-refractivity contribution in [2.75, 3.05) is 26.7 Å². The first kappa shape index (κ1) is 13.3. The van der Waals surface area contributed by atoms with E-state index < -0.39 is 6.09 Å². The topological polar surface area (TPSA) is 79.2 Å². The summed E-state index contributed by atoms with van der Waals surface area (Å²) in [4.78, 5) is 27.9. The van der Waals surface area contributed by atoms with Crippen LogP contribution in [0, 0.1) is 5.92 Å². The maximum atomic E-state index is 11.3. The molecule has 2 heterocycles. The van der Waals surface area contributed by atoms with Gasteiger partial charge in [-0.3, -0.25) is 9.79 Å². The van der Waals surface area contributed by atoms with Crippen LogP contribution in [0.2, 0.25) is 0 Å². The van der Waals surface area contributed by atoms with E-state index >= 15 is 0 Å². The lowest BCUT2D eigenvalue weighted by Crippen LogP contribution is -2.34. The third kappa shape index (κ3) is 3.01. The van der Waals surface area contributed by atoms with Crippen molar-refractivity contribution in [3.8, 4) is 0 Å². The van der Waals surface area contributed by atoms with Gasteiger partial charge >= 0.3 is 12.1 Å². The fraction of sp³-hybridized carbons (Fsp3) is 0.462. The molecule has 1 atom stereocenters. The number of hydrogen-bond acceptors (Lipinski definition) is 4. The standard InChI is InChI=1S/C13H16N2O4/c1-19-12(16)10-2-3-11(14-8-10)9-4-6-15(7-5-9)13(17)18/h2-4,10H,5-8H2,1H3,(H,17,18). The first-order chi connectivity index (χ1) is 9.11. The van der Waals surface area contributed by atoms with Gasteiger partial charge < -0.3 is 14.7 Å². The maximum absolute atomic E-state index is 11.3. The summed E-state index contributed by atoms with van der Waals surface area (Å²) in [7, 11) is 1.36. The van der Waals surface area contributed by atoms with Crippen molar-refractivity contribution in [3.05, 3.63) is 23.8 Å². The highest BCUT2D eigenvalue weighted by Crippen LogP contribution is 2.17. The smallest absolute Gasteiger partial charge is 0.407 e. The molecule has 19 heavy (non-hydrogen) atoms. The Morgan fingerprint density at radius 3 is 2.79 bits per heavy atom. The van der Waals surface area contributed by atoms with Crippen LogP contribution >= 0.6 is 0 Å². The Morgan fingerprint density at radius 2 is 2.32 bits per heavy atom. The molecule has 1 amide bonds. The van der Waals surface area contributed by atoms with Crippen LogP contribution < -0.4 is 0 Å². The average molecular weight is 264 g/mol. The Morgan fingerprint density at radius 1 is 1.53 bits per heavy atom. The molecule has 2 aliphatic heterocycles. The molecule has 0 saturated heterocycles. The molecule has 2 aliphatic rings. The zero-order valence-electron chi connectivity index (χ0n) is 10.7. The molecule has 0 aliphatic carbocycles. The number of hydrogen-bond donors (Lipinski definition) is 1. The van der Waals surface area contributed by atoms with Crippen molar-refractivity contribution >= 4 is 17.8 Å². The fourth-order valence-electron chi connectivity index (χ4n) is 2.11. The molecule has 0 bridgehead atoms. The molecule has 0 aromatic rings. The molecule has 0 spiro atoms. The largest absolute Gasteiger partial charge is 0.469 e. The lowest BCUT2D eigenvalue weighted by molar-refractivity contribution is -0.143. The van der Waals surface area contributed by atoms with Crippen molar-refractivity contribution in [1.82, 2.24) is 4.90 Å². The van der Waals surface area contributed by atoms with E-state index in [0.29, 0.717) is 26.1 Å². The Bertz CT molecular complexity index is 479. The number of aliphatic imine (C=N–C) groups is 1. The van der Waals surface area contributed by atoms with Gasteiger partial charge in [-0.2, -0.15) is 0 Å². The second-order valence-corrected chi connectivity index (χ2v) is 4.42. The zero-order valence-corrected chi connectivity index (χ0v) is 10.7. The molecular formula is C13H16N2O4. The second kappa shape index (κ2) is 5.69. The van der Waals surface area contributed by atoms with Crippen LogP contribution in [0.3, 0.4) is 0 Å².